The lowest BCUT2D eigenvalue weighted by atomic mass is 10.1. The number of aromatic nitrogens is 1. The van der Waals surface area contributed by atoms with E-state index in [2.05, 4.69) is 10.3 Å². The molecule has 1 amide bonds. The molecular formula is C20H19FN2O2. The maximum Gasteiger partial charge on any atom is 0.251 e. The van der Waals surface area contributed by atoms with Crippen LogP contribution in [0.1, 0.15) is 24.0 Å². The van der Waals surface area contributed by atoms with E-state index in [1.54, 1.807) is 25.1 Å². The van der Waals surface area contributed by atoms with Gasteiger partial charge in [0.2, 0.25) is 5.91 Å². The minimum absolute atomic E-state index is 0.0871. The van der Waals surface area contributed by atoms with Crippen LogP contribution in [0.25, 0.3) is 10.9 Å². The van der Waals surface area contributed by atoms with Gasteiger partial charge in [-0.3, -0.25) is 9.59 Å². The predicted octanol–water partition coefficient (Wildman–Crippen LogP) is 3.94. The van der Waals surface area contributed by atoms with Crippen LogP contribution in [0.4, 0.5) is 10.1 Å². The number of amides is 1. The van der Waals surface area contributed by atoms with Crippen LogP contribution in [-0.4, -0.2) is 10.9 Å². The number of carbonyl (C=O) groups excluding carboxylic acids is 1. The van der Waals surface area contributed by atoms with Crippen molar-refractivity contribution in [1.29, 1.82) is 0 Å². The van der Waals surface area contributed by atoms with Crippen LogP contribution in [0.5, 0.6) is 0 Å². The van der Waals surface area contributed by atoms with Crippen molar-refractivity contribution in [3.05, 3.63) is 75.8 Å². The summed E-state index contributed by atoms with van der Waals surface area (Å²) in [4.78, 5) is 26.6. The molecule has 0 fully saturated rings. The fraction of sp³-hybridized carbons (Fsp3) is 0.200. The largest absolute Gasteiger partial charge is 0.326 e. The van der Waals surface area contributed by atoms with Crippen molar-refractivity contribution in [1.82, 2.24) is 4.98 Å². The van der Waals surface area contributed by atoms with Crippen LogP contribution in [-0.2, 0) is 11.2 Å². The molecule has 0 aliphatic rings. The number of hydrogen-bond donors (Lipinski definition) is 2. The Balaban J connectivity index is 1.59. The fourth-order valence-electron chi connectivity index (χ4n) is 2.72. The summed E-state index contributed by atoms with van der Waals surface area (Å²) in [5.41, 5.74) is 2.88. The van der Waals surface area contributed by atoms with E-state index in [9.17, 15) is 14.0 Å². The van der Waals surface area contributed by atoms with Gasteiger partial charge in [0.25, 0.3) is 5.56 Å². The molecule has 5 heteroatoms. The number of fused-ring (bicyclic) bond motifs is 1. The molecule has 0 spiro atoms. The maximum atomic E-state index is 12.9. The third-order valence-corrected chi connectivity index (χ3v) is 4.10. The Labute approximate surface area is 144 Å². The molecule has 1 heterocycles. The van der Waals surface area contributed by atoms with Gasteiger partial charge in [-0.2, -0.15) is 0 Å². The van der Waals surface area contributed by atoms with Gasteiger partial charge in [-0.1, -0.05) is 18.2 Å². The number of aromatic amines is 1. The second-order valence-electron chi connectivity index (χ2n) is 6.11. The Morgan fingerprint density at radius 2 is 1.88 bits per heavy atom. The first-order valence-electron chi connectivity index (χ1n) is 8.19. The van der Waals surface area contributed by atoms with E-state index < -0.39 is 0 Å². The number of pyridine rings is 1. The molecule has 0 saturated carbocycles. The Morgan fingerprint density at radius 1 is 1.12 bits per heavy atom. The Morgan fingerprint density at radius 3 is 2.64 bits per heavy atom. The van der Waals surface area contributed by atoms with E-state index in [0.717, 1.165) is 17.4 Å². The molecule has 128 valence electrons. The van der Waals surface area contributed by atoms with Gasteiger partial charge in [0, 0.05) is 17.7 Å². The molecule has 2 N–H and O–H groups in total. The SMILES string of the molecule is Cc1cc2ccc(NC(=O)CCCc3ccc(F)cc3)cc2[nH]c1=O. The van der Waals surface area contributed by atoms with E-state index in [-0.39, 0.29) is 17.3 Å². The number of hydrogen-bond acceptors (Lipinski definition) is 2. The van der Waals surface area contributed by atoms with Crippen molar-refractivity contribution < 1.29 is 9.18 Å². The van der Waals surface area contributed by atoms with Crippen molar-refractivity contribution in [2.75, 3.05) is 5.32 Å². The normalized spacial score (nSPS) is 10.8. The molecule has 0 atom stereocenters. The van der Waals surface area contributed by atoms with E-state index in [1.165, 1.54) is 12.1 Å². The average Bonchev–Trinajstić information content (AvgIpc) is 2.58. The predicted molar refractivity (Wildman–Crippen MR) is 97.3 cm³/mol. The number of H-pyrrole nitrogens is 1. The lowest BCUT2D eigenvalue weighted by molar-refractivity contribution is -0.116. The molecule has 3 rings (SSSR count). The molecule has 4 nitrogen and oxygen atoms in total. The second-order valence-corrected chi connectivity index (χ2v) is 6.11. The zero-order valence-electron chi connectivity index (χ0n) is 13.9. The zero-order chi connectivity index (χ0) is 17.8. The Kier molecular flexibility index (Phi) is 4.93. The number of rotatable bonds is 5. The Hall–Kier alpha value is -2.95. The van der Waals surface area contributed by atoms with Gasteiger partial charge in [0.1, 0.15) is 5.82 Å². The summed E-state index contributed by atoms with van der Waals surface area (Å²) in [6, 6.07) is 13.6. The van der Waals surface area contributed by atoms with E-state index in [0.29, 0.717) is 29.6 Å². The smallest absolute Gasteiger partial charge is 0.251 e. The number of halogens is 1. The molecule has 3 aromatic rings. The maximum absolute atomic E-state index is 12.9. The van der Waals surface area contributed by atoms with Gasteiger partial charge in [-0.25, -0.2) is 4.39 Å². The number of nitrogens with one attached hydrogen (secondary N) is 2. The molecule has 25 heavy (non-hydrogen) atoms. The van der Waals surface area contributed by atoms with Gasteiger partial charge >= 0.3 is 0 Å². The van der Waals surface area contributed by atoms with Crippen LogP contribution < -0.4 is 10.9 Å². The summed E-state index contributed by atoms with van der Waals surface area (Å²) in [5, 5.41) is 3.77. The lowest BCUT2D eigenvalue weighted by Gasteiger charge is -2.07. The number of anilines is 1. The summed E-state index contributed by atoms with van der Waals surface area (Å²) in [5.74, 6) is -0.345. The van der Waals surface area contributed by atoms with Crippen LogP contribution in [0, 0.1) is 12.7 Å². The Bertz CT molecular complexity index is 962. The first-order chi connectivity index (χ1) is 12.0. The van der Waals surface area contributed by atoms with Crippen LogP contribution in [0.15, 0.2) is 53.3 Å². The van der Waals surface area contributed by atoms with Crippen LogP contribution >= 0.6 is 0 Å². The van der Waals surface area contributed by atoms with Gasteiger partial charge in [0.15, 0.2) is 0 Å². The highest BCUT2D eigenvalue weighted by molar-refractivity contribution is 5.93. The first-order valence-corrected chi connectivity index (χ1v) is 8.19. The molecule has 0 bridgehead atoms. The molecule has 1 aromatic heterocycles. The second kappa shape index (κ2) is 7.30. The number of aryl methyl sites for hydroxylation is 2. The quantitative estimate of drug-likeness (QED) is 0.740. The fourth-order valence-corrected chi connectivity index (χ4v) is 2.72. The summed E-state index contributed by atoms with van der Waals surface area (Å²) in [6.07, 6.45) is 1.78. The first kappa shape index (κ1) is 16.9. The topological polar surface area (TPSA) is 62.0 Å². The van der Waals surface area contributed by atoms with Gasteiger partial charge in [-0.05, 0) is 61.0 Å². The van der Waals surface area contributed by atoms with Gasteiger partial charge < -0.3 is 10.3 Å². The van der Waals surface area contributed by atoms with Crippen molar-refractivity contribution >= 4 is 22.5 Å². The minimum atomic E-state index is -0.258. The van der Waals surface area contributed by atoms with Crippen molar-refractivity contribution in [2.45, 2.75) is 26.2 Å². The van der Waals surface area contributed by atoms with Crippen LogP contribution in [0.2, 0.25) is 0 Å². The highest BCUT2D eigenvalue weighted by atomic mass is 19.1. The standard InChI is InChI=1S/C20H19FN2O2/c1-13-11-15-7-10-17(12-18(15)23-20(13)25)22-19(24)4-2-3-14-5-8-16(21)9-6-14/h5-12H,2-4H2,1H3,(H,22,24)(H,23,25). The zero-order valence-corrected chi connectivity index (χ0v) is 13.9. The molecule has 2 aromatic carbocycles. The summed E-state index contributed by atoms with van der Waals surface area (Å²) in [6.45, 7) is 1.76. The third kappa shape index (κ3) is 4.32. The average molecular weight is 338 g/mol. The number of carbonyl (C=O) groups is 1. The van der Waals surface area contributed by atoms with Crippen molar-refractivity contribution in [2.24, 2.45) is 0 Å². The molecule has 0 aliphatic carbocycles. The minimum Gasteiger partial charge on any atom is -0.326 e. The van der Waals surface area contributed by atoms with Crippen molar-refractivity contribution in [3.8, 4) is 0 Å². The summed E-state index contributed by atoms with van der Waals surface area (Å²) >= 11 is 0. The van der Waals surface area contributed by atoms with Gasteiger partial charge in [0.05, 0.1) is 5.52 Å². The highest BCUT2D eigenvalue weighted by Gasteiger charge is 2.05. The molecule has 0 unspecified atom stereocenters. The van der Waals surface area contributed by atoms with E-state index in [4.69, 9.17) is 0 Å². The highest BCUT2D eigenvalue weighted by Crippen LogP contribution is 2.17. The van der Waals surface area contributed by atoms with Crippen LogP contribution in [0.3, 0.4) is 0 Å². The number of benzene rings is 2. The van der Waals surface area contributed by atoms with Crippen molar-refractivity contribution in [3.63, 3.8) is 0 Å². The third-order valence-electron chi connectivity index (χ3n) is 4.10. The summed E-state index contributed by atoms with van der Waals surface area (Å²) < 4.78 is 12.9. The monoisotopic (exact) mass is 338 g/mol. The molecule has 0 aliphatic heterocycles. The van der Waals surface area contributed by atoms with Gasteiger partial charge in [-0.15, -0.1) is 0 Å². The van der Waals surface area contributed by atoms with E-state index in [1.807, 2.05) is 18.2 Å². The van der Waals surface area contributed by atoms with E-state index >= 15 is 0 Å². The molecule has 0 radical (unpaired) electrons. The lowest BCUT2D eigenvalue weighted by Crippen LogP contribution is -2.12. The molecular weight excluding hydrogens is 319 g/mol. The summed E-state index contributed by atoms with van der Waals surface area (Å²) in [7, 11) is 0. The molecule has 0 saturated heterocycles.